The highest BCUT2D eigenvalue weighted by atomic mass is 32.1. The van der Waals surface area contributed by atoms with E-state index in [9.17, 15) is 4.79 Å². The number of aryl methyl sites for hydroxylation is 3. The maximum Gasteiger partial charge on any atom is 0.253 e. The molecule has 0 bridgehead atoms. The fraction of sp³-hybridized carbons (Fsp3) is 0.391. The topological polar surface area (TPSA) is 36.4 Å². The fourth-order valence-corrected chi connectivity index (χ4v) is 5.42. The Morgan fingerprint density at radius 3 is 2.57 bits per heavy atom. The van der Waals surface area contributed by atoms with Gasteiger partial charge in [-0.2, -0.15) is 0 Å². The van der Waals surface area contributed by atoms with Gasteiger partial charge in [-0.25, -0.2) is 4.98 Å². The largest absolute Gasteiger partial charge is 0.345 e. The van der Waals surface area contributed by atoms with Gasteiger partial charge in [-0.05, 0) is 73.6 Å². The number of thiazole rings is 1. The molecule has 0 atom stereocenters. The van der Waals surface area contributed by atoms with Crippen LogP contribution in [-0.2, 0) is 12.8 Å². The number of rotatable bonds is 2. The van der Waals surface area contributed by atoms with Gasteiger partial charge in [0.05, 0.1) is 10.2 Å². The molecule has 4 nitrogen and oxygen atoms in total. The first-order valence-corrected chi connectivity index (χ1v) is 11.0. The summed E-state index contributed by atoms with van der Waals surface area (Å²) in [5, 5.41) is 1.07. The molecule has 1 amide bonds. The lowest BCUT2D eigenvalue weighted by atomic mass is 9.90. The summed E-state index contributed by atoms with van der Waals surface area (Å²) in [5.74, 6) is 0.174. The molecule has 5 heteroatoms. The van der Waals surface area contributed by atoms with Crippen molar-refractivity contribution in [3.05, 3.63) is 58.7 Å². The van der Waals surface area contributed by atoms with Gasteiger partial charge in [0.25, 0.3) is 5.91 Å². The van der Waals surface area contributed by atoms with Crippen molar-refractivity contribution in [1.29, 1.82) is 0 Å². The van der Waals surface area contributed by atoms with Crippen molar-refractivity contribution in [2.75, 3.05) is 31.1 Å². The monoisotopic (exact) mass is 391 g/mol. The number of fused-ring (bicyclic) bond motifs is 2. The van der Waals surface area contributed by atoms with Gasteiger partial charge in [-0.1, -0.05) is 23.5 Å². The summed E-state index contributed by atoms with van der Waals surface area (Å²) in [5.41, 5.74) is 5.99. The first kappa shape index (κ1) is 17.7. The molecular weight excluding hydrogens is 366 g/mol. The highest BCUT2D eigenvalue weighted by molar-refractivity contribution is 7.22. The van der Waals surface area contributed by atoms with Gasteiger partial charge in [0.1, 0.15) is 0 Å². The zero-order valence-corrected chi connectivity index (χ0v) is 17.1. The molecule has 0 radical (unpaired) electrons. The summed E-state index contributed by atoms with van der Waals surface area (Å²) < 4.78 is 1.24. The van der Waals surface area contributed by atoms with Crippen LogP contribution in [0.1, 0.15) is 39.9 Å². The van der Waals surface area contributed by atoms with Crippen molar-refractivity contribution in [3.8, 4) is 0 Å². The summed E-state index contributed by atoms with van der Waals surface area (Å²) in [7, 11) is 0. The van der Waals surface area contributed by atoms with E-state index in [0.717, 1.165) is 55.2 Å². The molecule has 2 aliphatic rings. The normalized spacial score (nSPS) is 17.0. The quantitative estimate of drug-likeness (QED) is 0.648. The molecule has 1 saturated heterocycles. The van der Waals surface area contributed by atoms with Crippen molar-refractivity contribution in [2.45, 2.75) is 32.6 Å². The third kappa shape index (κ3) is 3.28. The van der Waals surface area contributed by atoms with Gasteiger partial charge in [-0.15, -0.1) is 0 Å². The molecule has 1 aromatic heterocycles. The highest BCUT2D eigenvalue weighted by Gasteiger charge is 2.24. The molecule has 0 unspecified atom stereocenters. The first-order valence-electron chi connectivity index (χ1n) is 10.2. The molecule has 1 aliphatic carbocycles. The number of carbonyl (C=O) groups excluding carboxylic acids is 1. The van der Waals surface area contributed by atoms with E-state index in [1.54, 1.807) is 11.3 Å². The van der Waals surface area contributed by atoms with Crippen LogP contribution >= 0.6 is 11.3 Å². The second-order valence-electron chi connectivity index (χ2n) is 7.94. The minimum absolute atomic E-state index is 0.174. The first-order chi connectivity index (χ1) is 13.7. The van der Waals surface area contributed by atoms with Gasteiger partial charge in [0.2, 0.25) is 0 Å². The summed E-state index contributed by atoms with van der Waals surface area (Å²) in [6, 6.07) is 12.7. The van der Waals surface area contributed by atoms with Crippen molar-refractivity contribution in [3.63, 3.8) is 0 Å². The molecule has 3 aromatic rings. The molecule has 2 aromatic carbocycles. The lowest BCUT2D eigenvalue weighted by Crippen LogP contribution is -2.48. The molecule has 0 N–H and O–H groups in total. The van der Waals surface area contributed by atoms with Crippen LogP contribution in [0, 0.1) is 6.92 Å². The third-order valence-electron chi connectivity index (χ3n) is 5.97. The maximum atomic E-state index is 13.0. The Balaban J connectivity index is 1.28. The summed E-state index contributed by atoms with van der Waals surface area (Å²) in [4.78, 5) is 22.1. The number of hydrogen-bond acceptors (Lipinski definition) is 4. The van der Waals surface area contributed by atoms with Crippen LogP contribution in [-0.4, -0.2) is 42.0 Å². The molecule has 5 rings (SSSR count). The van der Waals surface area contributed by atoms with Crippen molar-refractivity contribution in [2.24, 2.45) is 0 Å². The highest BCUT2D eigenvalue weighted by Crippen LogP contribution is 2.30. The average molecular weight is 392 g/mol. The minimum atomic E-state index is 0.174. The van der Waals surface area contributed by atoms with Gasteiger partial charge < -0.3 is 9.80 Å². The lowest BCUT2D eigenvalue weighted by molar-refractivity contribution is 0.0746. The van der Waals surface area contributed by atoms with Crippen LogP contribution in [0.25, 0.3) is 10.2 Å². The van der Waals surface area contributed by atoms with Crippen molar-refractivity contribution < 1.29 is 4.79 Å². The van der Waals surface area contributed by atoms with E-state index < -0.39 is 0 Å². The van der Waals surface area contributed by atoms with Crippen LogP contribution < -0.4 is 4.90 Å². The van der Waals surface area contributed by atoms with Crippen molar-refractivity contribution in [1.82, 2.24) is 9.88 Å². The van der Waals surface area contributed by atoms with E-state index in [2.05, 4.69) is 42.2 Å². The van der Waals surface area contributed by atoms with Crippen LogP contribution in [0.5, 0.6) is 0 Å². The SMILES string of the molecule is Cc1ccc2nc(N3CCN(C(=O)c4ccc5c(c4)CCCC5)CC3)sc2c1. The zero-order chi connectivity index (χ0) is 19.1. The van der Waals surface area contributed by atoms with Crippen LogP contribution in [0.15, 0.2) is 36.4 Å². The van der Waals surface area contributed by atoms with E-state index in [4.69, 9.17) is 4.98 Å². The number of carbonyl (C=O) groups is 1. The number of piperazine rings is 1. The fourth-order valence-electron chi connectivity index (χ4n) is 4.30. The number of benzene rings is 2. The predicted octanol–water partition coefficient (Wildman–Crippen LogP) is 4.45. The van der Waals surface area contributed by atoms with Crippen LogP contribution in [0.4, 0.5) is 5.13 Å². The Bertz CT molecular complexity index is 1030. The molecule has 1 aliphatic heterocycles. The van der Waals surface area contributed by atoms with Gasteiger partial charge >= 0.3 is 0 Å². The minimum Gasteiger partial charge on any atom is -0.345 e. The standard InChI is InChI=1S/C23H25N3OS/c1-16-6-9-20-21(14-16)28-23(24-20)26-12-10-25(11-13-26)22(27)19-8-7-17-4-2-3-5-18(17)15-19/h6-9,14-15H,2-5,10-13H2,1H3. The molecule has 2 heterocycles. The number of hydrogen-bond donors (Lipinski definition) is 0. The number of aromatic nitrogens is 1. The number of nitrogens with zero attached hydrogens (tertiary/aromatic N) is 3. The van der Waals surface area contributed by atoms with E-state index in [1.165, 1.54) is 34.2 Å². The number of anilines is 1. The van der Waals surface area contributed by atoms with Gasteiger partial charge in [0.15, 0.2) is 5.13 Å². The Kier molecular flexibility index (Phi) is 4.55. The lowest BCUT2D eigenvalue weighted by Gasteiger charge is -2.34. The Labute approximate surface area is 169 Å². The number of amides is 1. The van der Waals surface area contributed by atoms with Crippen molar-refractivity contribution >= 4 is 32.6 Å². The molecule has 0 spiro atoms. The Morgan fingerprint density at radius 2 is 1.75 bits per heavy atom. The summed E-state index contributed by atoms with van der Waals surface area (Å²) in [6.07, 6.45) is 4.78. The Morgan fingerprint density at radius 1 is 0.964 bits per heavy atom. The average Bonchev–Trinajstić information content (AvgIpc) is 3.16. The molecule has 1 fully saturated rings. The van der Waals surface area contributed by atoms with E-state index in [1.807, 2.05) is 11.0 Å². The van der Waals surface area contributed by atoms with Gasteiger partial charge in [-0.3, -0.25) is 4.79 Å². The maximum absolute atomic E-state index is 13.0. The second-order valence-corrected chi connectivity index (χ2v) is 8.95. The molecule has 28 heavy (non-hydrogen) atoms. The zero-order valence-electron chi connectivity index (χ0n) is 16.3. The van der Waals surface area contributed by atoms with Gasteiger partial charge in [0, 0.05) is 31.7 Å². The van der Waals surface area contributed by atoms with Crippen LogP contribution in [0.3, 0.4) is 0 Å². The molecular formula is C23H25N3OS. The van der Waals surface area contributed by atoms with E-state index in [0.29, 0.717) is 0 Å². The second kappa shape index (κ2) is 7.21. The predicted molar refractivity (Wildman–Crippen MR) is 116 cm³/mol. The molecule has 0 saturated carbocycles. The summed E-state index contributed by atoms with van der Waals surface area (Å²) >= 11 is 1.75. The third-order valence-corrected chi connectivity index (χ3v) is 7.04. The Hall–Kier alpha value is -2.40. The summed E-state index contributed by atoms with van der Waals surface area (Å²) in [6.45, 7) is 5.31. The molecule has 144 valence electrons. The van der Waals surface area contributed by atoms with Crippen LogP contribution in [0.2, 0.25) is 0 Å². The van der Waals surface area contributed by atoms with E-state index in [-0.39, 0.29) is 5.91 Å². The van der Waals surface area contributed by atoms with E-state index >= 15 is 0 Å². The smallest absolute Gasteiger partial charge is 0.253 e.